The Bertz CT molecular complexity index is 233. The van der Waals surface area contributed by atoms with E-state index in [1.54, 1.807) is 7.11 Å². The molecule has 2 N–H and O–H groups in total. The maximum Gasteiger partial charge on any atom is 0.0903 e. The second-order valence-corrected chi connectivity index (χ2v) is 4.87. The van der Waals surface area contributed by atoms with Crippen LogP contribution >= 0.6 is 0 Å². The van der Waals surface area contributed by atoms with Crippen LogP contribution in [0.25, 0.3) is 0 Å². The molecule has 1 aliphatic carbocycles. The minimum absolute atomic E-state index is 0.102. The Kier molecular flexibility index (Phi) is 2.64. The first-order valence-corrected chi connectivity index (χ1v) is 5.33. The predicted octanol–water partition coefficient (Wildman–Crippen LogP) is 0.611. The van der Waals surface area contributed by atoms with Gasteiger partial charge in [0.2, 0.25) is 0 Å². The first-order valence-electron chi connectivity index (χ1n) is 5.33. The van der Waals surface area contributed by atoms with E-state index in [0.29, 0.717) is 5.92 Å². The van der Waals surface area contributed by atoms with Crippen LogP contribution in [0, 0.1) is 5.92 Å². The van der Waals surface area contributed by atoms with E-state index in [1.165, 1.54) is 0 Å². The third-order valence-electron chi connectivity index (χ3n) is 3.31. The molecule has 2 atom stereocenters. The molecule has 1 fully saturated rings. The molecule has 2 unspecified atom stereocenters. The summed E-state index contributed by atoms with van der Waals surface area (Å²) in [6, 6.07) is 0.287. The Balaban J connectivity index is 1.72. The molecule has 0 aromatic heterocycles. The van der Waals surface area contributed by atoms with Gasteiger partial charge < -0.3 is 10.5 Å². The normalized spacial score (nSPS) is 35.9. The van der Waals surface area contributed by atoms with Gasteiger partial charge in [-0.2, -0.15) is 0 Å². The van der Waals surface area contributed by atoms with Crippen LogP contribution in [0.2, 0.25) is 0 Å². The Morgan fingerprint density at radius 1 is 1.50 bits per heavy atom. The van der Waals surface area contributed by atoms with Crippen LogP contribution in [0.1, 0.15) is 13.3 Å². The van der Waals surface area contributed by atoms with Gasteiger partial charge in [-0.3, -0.25) is 4.90 Å². The minimum atomic E-state index is 0.102. The highest BCUT2D eigenvalue weighted by Crippen LogP contribution is 2.27. The summed E-state index contributed by atoms with van der Waals surface area (Å²) in [7, 11) is 1.79. The van der Waals surface area contributed by atoms with E-state index in [-0.39, 0.29) is 11.6 Å². The van der Waals surface area contributed by atoms with Gasteiger partial charge in [0.15, 0.2) is 0 Å². The molecule has 0 amide bonds. The monoisotopic (exact) mass is 196 g/mol. The zero-order chi connectivity index (χ0) is 10.2. The number of ether oxygens (including phenoxy) is 1. The maximum atomic E-state index is 5.81. The molecule has 3 nitrogen and oxygen atoms in total. The van der Waals surface area contributed by atoms with Gasteiger partial charge in [0.05, 0.1) is 5.60 Å². The molecule has 80 valence electrons. The molecule has 0 spiro atoms. The first-order chi connectivity index (χ1) is 6.61. The molecule has 3 heteroatoms. The lowest BCUT2D eigenvalue weighted by Gasteiger charge is -2.47. The number of methoxy groups -OCH3 is 1. The summed E-state index contributed by atoms with van der Waals surface area (Å²) in [5, 5.41) is 0. The molecular weight excluding hydrogens is 176 g/mol. The maximum absolute atomic E-state index is 5.81. The smallest absolute Gasteiger partial charge is 0.0903 e. The molecule has 2 rings (SSSR count). The largest absolute Gasteiger partial charge is 0.376 e. The van der Waals surface area contributed by atoms with Gasteiger partial charge >= 0.3 is 0 Å². The highest BCUT2D eigenvalue weighted by Gasteiger charge is 2.39. The molecule has 0 saturated carbocycles. The second-order valence-electron chi connectivity index (χ2n) is 4.87. The van der Waals surface area contributed by atoms with Gasteiger partial charge in [-0.25, -0.2) is 0 Å². The van der Waals surface area contributed by atoms with Crippen LogP contribution in [0.3, 0.4) is 0 Å². The van der Waals surface area contributed by atoms with Crippen molar-refractivity contribution < 1.29 is 4.74 Å². The summed E-state index contributed by atoms with van der Waals surface area (Å²) in [6.45, 7) is 5.43. The zero-order valence-corrected chi connectivity index (χ0v) is 9.07. The molecule has 1 heterocycles. The van der Waals surface area contributed by atoms with E-state index < -0.39 is 0 Å². The van der Waals surface area contributed by atoms with E-state index in [9.17, 15) is 0 Å². The van der Waals surface area contributed by atoms with Crippen molar-refractivity contribution in [1.82, 2.24) is 4.90 Å². The highest BCUT2D eigenvalue weighted by molar-refractivity contribution is 5.06. The Hall–Kier alpha value is -0.380. The molecular formula is C11H20N2O. The number of nitrogens with two attached hydrogens (primary N) is 1. The zero-order valence-electron chi connectivity index (χ0n) is 9.07. The topological polar surface area (TPSA) is 38.5 Å². The number of rotatable bonds is 3. The standard InChI is InChI=1S/C11H20N2O/c1-11(14-2)7-13(8-11)6-9-3-4-10(12)5-9/h3-4,9-10H,5-8,12H2,1-2H3. The summed E-state index contributed by atoms with van der Waals surface area (Å²) in [5.41, 5.74) is 5.91. The van der Waals surface area contributed by atoms with Crippen molar-refractivity contribution in [2.75, 3.05) is 26.7 Å². The Morgan fingerprint density at radius 3 is 2.71 bits per heavy atom. The van der Waals surface area contributed by atoms with Crippen LogP contribution in [0.5, 0.6) is 0 Å². The lowest BCUT2D eigenvalue weighted by Crippen LogP contribution is -2.61. The third kappa shape index (κ3) is 2.00. The molecule has 0 bridgehead atoms. The van der Waals surface area contributed by atoms with Crippen molar-refractivity contribution in [3.63, 3.8) is 0 Å². The summed E-state index contributed by atoms with van der Waals surface area (Å²) in [6.07, 6.45) is 5.49. The lowest BCUT2D eigenvalue weighted by molar-refractivity contribution is -0.113. The van der Waals surface area contributed by atoms with Gasteiger partial charge in [0, 0.05) is 32.8 Å². The van der Waals surface area contributed by atoms with Crippen LogP contribution in [-0.2, 0) is 4.74 Å². The van der Waals surface area contributed by atoms with E-state index in [4.69, 9.17) is 10.5 Å². The number of hydrogen-bond donors (Lipinski definition) is 1. The third-order valence-corrected chi connectivity index (χ3v) is 3.31. The fourth-order valence-electron chi connectivity index (χ4n) is 2.43. The summed E-state index contributed by atoms with van der Waals surface area (Å²) >= 11 is 0. The van der Waals surface area contributed by atoms with Crippen molar-refractivity contribution in [3.8, 4) is 0 Å². The van der Waals surface area contributed by atoms with Crippen molar-refractivity contribution in [2.24, 2.45) is 11.7 Å². The van der Waals surface area contributed by atoms with Crippen molar-refractivity contribution in [2.45, 2.75) is 25.0 Å². The number of likely N-dealkylation sites (tertiary alicyclic amines) is 1. The molecule has 1 saturated heterocycles. The van der Waals surface area contributed by atoms with Gasteiger partial charge in [-0.1, -0.05) is 12.2 Å². The predicted molar refractivity (Wildman–Crippen MR) is 57.1 cm³/mol. The van der Waals surface area contributed by atoms with E-state index in [1.807, 2.05) is 0 Å². The van der Waals surface area contributed by atoms with Crippen molar-refractivity contribution in [1.29, 1.82) is 0 Å². The quantitative estimate of drug-likeness (QED) is 0.672. The average Bonchev–Trinajstić information content (AvgIpc) is 2.48. The molecule has 2 aliphatic rings. The van der Waals surface area contributed by atoms with Gasteiger partial charge in [0.1, 0.15) is 0 Å². The minimum Gasteiger partial charge on any atom is -0.376 e. The summed E-state index contributed by atoms with van der Waals surface area (Å²) in [4.78, 5) is 2.44. The number of hydrogen-bond acceptors (Lipinski definition) is 3. The Labute approximate surface area is 85.9 Å². The van der Waals surface area contributed by atoms with Gasteiger partial charge in [-0.05, 0) is 19.3 Å². The lowest BCUT2D eigenvalue weighted by atomic mass is 9.94. The average molecular weight is 196 g/mol. The van der Waals surface area contributed by atoms with E-state index in [0.717, 1.165) is 26.1 Å². The van der Waals surface area contributed by atoms with Crippen LogP contribution in [-0.4, -0.2) is 43.3 Å². The van der Waals surface area contributed by atoms with Crippen molar-refractivity contribution >= 4 is 0 Å². The van der Waals surface area contributed by atoms with Crippen LogP contribution < -0.4 is 5.73 Å². The molecule has 1 aliphatic heterocycles. The SMILES string of the molecule is COC1(C)CN(CC2C=CC(N)C2)C1. The first kappa shape index (κ1) is 10.1. The molecule has 0 aromatic carbocycles. The summed E-state index contributed by atoms with van der Waals surface area (Å²) < 4.78 is 5.41. The van der Waals surface area contributed by atoms with Gasteiger partial charge in [-0.15, -0.1) is 0 Å². The molecule has 0 radical (unpaired) electrons. The second kappa shape index (κ2) is 3.65. The van der Waals surface area contributed by atoms with E-state index >= 15 is 0 Å². The fraction of sp³-hybridized carbons (Fsp3) is 0.818. The molecule has 14 heavy (non-hydrogen) atoms. The van der Waals surface area contributed by atoms with Crippen LogP contribution in [0.4, 0.5) is 0 Å². The van der Waals surface area contributed by atoms with E-state index in [2.05, 4.69) is 24.0 Å². The highest BCUT2D eigenvalue weighted by atomic mass is 16.5. The number of nitrogens with zero attached hydrogens (tertiary/aromatic N) is 1. The Morgan fingerprint density at radius 2 is 2.21 bits per heavy atom. The fourth-order valence-corrected chi connectivity index (χ4v) is 2.43. The van der Waals surface area contributed by atoms with Gasteiger partial charge in [0.25, 0.3) is 0 Å². The summed E-state index contributed by atoms with van der Waals surface area (Å²) in [5.74, 6) is 0.659. The van der Waals surface area contributed by atoms with Crippen molar-refractivity contribution in [3.05, 3.63) is 12.2 Å². The molecule has 0 aromatic rings. The van der Waals surface area contributed by atoms with Crippen LogP contribution in [0.15, 0.2) is 12.2 Å².